The zero-order valence-electron chi connectivity index (χ0n) is 15.5. The average Bonchev–Trinajstić information content (AvgIpc) is 3.51. The number of nitrogens with zero attached hydrogens (tertiary/aromatic N) is 3. The zero-order valence-corrected chi connectivity index (χ0v) is 15.5. The number of aromatic nitrogens is 1. The molecule has 1 aliphatic carbocycles. The van der Waals surface area contributed by atoms with Crippen LogP contribution in [0.25, 0.3) is 10.9 Å². The van der Waals surface area contributed by atoms with E-state index in [4.69, 9.17) is 5.73 Å². The van der Waals surface area contributed by atoms with Crippen LogP contribution >= 0.6 is 0 Å². The van der Waals surface area contributed by atoms with Crippen molar-refractivity contribution in [2.75, 3.05) is 43.4 Å². The quantitative estimate of drug-likeness (QED) is 0.774. The van der Waals surface area contributed by atoms with Gasteiger partial charge in [0.05, 0.1) is 16.6 Å². The van der Waals surface area contributed by atoms with E-state index in [2.05, 4.69) is 4.90 Å². The first kappa shape index (κ1) is 18.7. The van der Waals surface area contributed by atoms with Gasteiger partial charge in [-0.25, -0.2) is 13.6 Å². The SMILES string of the molecule is CCN1CCN(c2c(F)c(N)c3c(=O)c(C(=O)O)cn(C4CC4)c3c2F)CC1. The van der Waals surface area contributed by atoms with Gasteiger partial charge in [-0.2, -0.15) is 0 Å². The fourth-order valence-corrected chi connectivity index (χ4v) is 3.91. The van der Waals surface area contributed by atoms with Gasteiger partial charge in [-0.05, 0) is 19.4 Å². The van der Waals surface area contributed by atoms with Crippen molar-refractivity contribution in [2.45, 2.75) is 25.8 Å². The number of hydrogen-bond acceptors (Lipinski definition) is 5. The molecule has 1 aromatic carbocycles. The van der Waals surface area contributed by atoms with E-state index in [1.165, 1.54) is 4.57 Å². The number of carboxylic acid groups (broad SMARTS) is 1. The molecule has 28 heavy (non-hydrogen) atoms. The maximum Gasteiger partial charge on any atom is 0.341 e. The highest BCUT2D eigenvalue weighted by atomic mass is 19.1. The number of hydrogen-bond donors (Lipinski definition) is 2. The third-order valence-electron chi connectivity index (χ3n) is 5.67. The Labute approximate surface area is 159 Å². The normalized spacial score (nSPS) is 18.0. The second kappa shape index (κ2) is 6.73. The highest BCUT2D eigenvalue weighted by Gasteiger charge is 2.33. The molecule has 4 rings (SSSR count). The summed E-state index contributed by atoms with van der Waals surface area (Å²) in [5.74, 6) is -3.30. The van der Waals surface area contributed by atoms with Gasteiger partial charge in [-0.1, -0.05) is 6.92 Å². The third-order valence-corrected chi connectivity index (χ3v) is 5.67. The summed E-state index contributed by atoms with van der Waals surface area (Å²) >= 11 is 0. The molecule has 0 atom stereocenters. The summed E-state index contributed by atoms with van der Waals surface area (Å²) in [5, 5.41) is 8.94. The number of halogens is 2. The van der Waals surface area contributed by atoms with Crippen molar-refractivity contribution in [1.82, 2.24) is 9.47 Å². The Bertz CT molecular complexity index is 1020. The predicted octanol–water partition coefficient (Wildman–Crippen LogP) is 2.04. The standard InChI is InChI=1S/C19H22F2N4O3/c1-2-23-5-7-24(8-6-23)17-13(20)15(22)12-16(14(17)21)25(10-3-4-10)9-11(18(12)26)19(27)28/h9-10H,2-8,22H2,1H3,(H,27,28). The van der Waals surface area contributed by atoms with Crippen molar-refractivity contribution >= 4 is 28.2 Å². The van der Waals surface area contributed by atoms with E-state index in [1.807, 2.05) is 6.92 Å². The first-order valence-electron chi connectivity index (χ1n) is 9.41. The van der Waals surface area contributed by atoms with Crippen LogP contribution in [0.5, 0.6) is 0 Å². The molecule has 3 N–H and O–H groups in total. The molecular formula is C19H22F2N4O3. The fourth-order valence-electron chi connectivity index (χ4n) is 3.91. The number of pyridine rings is 1. The highest BCUT2D eigenvalue weighted by molar-refractivity contribution is 5.99. The molecule has 1 saturated heterocycles. The maximum absolute atomic E-state index is 15.6. The second-order valence-electron chi connectivity index (χ2n) is 7.35. The summed E-state index contributed by atoms with van der Waals surface area (Å²) < 4.78 is 32.1. The van der Waals surface area contributed by atoms with Crippen molar-refractivity contribution in [3.8, 4) is 0 Å². The number of nitrogen functional groups attached to an aromatic ring is 1. The van der Waals surface area contributed by atoms with Crippen molar-refractivity contribution < 1.29 is 18.7 Å². The van der Waals surface area contributed by atoms with Crippen LogP contribution in [0.2, 0.25) is 0 Å². The summed E-state index contributed by atoms with van der Waals surface area (Å²) in [7, 11) is 0. The van der Waals surface area contributed by atoms with Gasteiger partial charge in [0.1, 0.15) is 11.3 Å². The Hall–Kier alpha value is -2.68. The van der Waals surface area contributed by atoms with E-state index in [1.54, 1.807) is 4.90 Å². The van der Waals surface area contributed by atoms with Gasteiger partial charge in [0, 0.05) is 38.4 Å². The lowest BCUT2D eigenvalue weighted by Gasteiger charge is -2.36. The topological polar surface area (TPSA) is 91.8 Å². The van der Waals surface area contributed by atoms with Crippen molar-refractivity contribution in [2.24, 2.45) is 0 Å². The number of nitrogens with two attached hydrogens (primary N) is 1. The molecular weight excluding hydrogens is 370 g/mol. The van der Waals surface area contributed by atoms with Crippen LogP contribution < -0.4 is 16.1 Å². The van der Waals surface area contributed by atoms with Gasteiger partial charge in [-0.15, -0.1) is 0 Å². The first-order chi connectivity index (χ1) is 13.3. The first-order valence-corrected chi connectivity index (χ1v) is 9.41. The molecule has 0 spiro atoms. The van der Waals surface area contributed by atoms with Crippen molar-refractivity contribution in [3.63, 3.8) is 0 Å². The number of fused-ring (bicyclic) bond motifs is 1. The molecule has 2 aromatic rings. The number of carboxylic acids is 1. The van der Waals surface area contributed by atoms with Crippen LogP contribution in [-0.2, 0) is 0 Å². The van der Waals surface area contributed by atoms with E-state index < -0.39 is 39.7 Å². The highest BCUT2D eigenvalue weighted by Crippen LogP contribution is 2.41. The number of carbonyl (C=O) groups is 1. The molecule has 2 fully saturated rings. The Balaban J connectivity index is 1.97. The lowest BCUT2D eigenvalue weighted by molar-refractivity contribution is 0.0695. The third kappa shape index (κ3) is 2.81. The predicted molar refractivity (Wildman–Crippen MR) is 102 cm³/mol. The van der Waals surface area contributed by atoms with Gasteiger partial charge in [-0.3, -0.25) is 4.79 Å². The lowest BCUT2D eigenvalue weighted by Crippen LogP contribution is -2.47. The molecule has 1 aromatic heterocycles. The summed E-state index contributed by atoms with van der Waals surface area (Å²) in [4.78, 5) is 27.9. The summed E-state index contributed by atoms with van der Waals surface area (Å²) in [6, 6.07) is -0.120. The number of benzene rings is 1. The summed E-state index contributed by atoms with van der Waals surface area (Å²) in [6.07, 6.45) is 2.63. The van der Waals surface area contributed by atoms with Crippen LogP contribution in [-0.4, -0.2) is 53.3 Å². The Morgan fingerprint density at radius 3 is 2.39 bits per heavy atom. The number of rotatable bonds is 4. The molecule has 0 amide bonds. The monoisotopic (exact) mass is 392 g/mol. The van der Waals surface area contributed by atoms with Crippen LogP contribution in [0, 0.1) is 11.6 Å². The minimum Gasteiger partial charge on any atom is -0.477 e. The maximum atomic E-state index is 15.6. The average molecular weight is 392 g/mol. The molecule has 2 heterocycles. The molecule has 0 radical (unpaired) electrons. The van der Waals surface area contributed by atoms with Gasteiger partial charge >= 0.3 is 5.97 Å². The molecule has 1 saturated carbocycles. The molecule has 2 aliphatic rings. The Kier molecular flexibility index (Phi) is 4.49. The van der Waals surface area contributed by atoms with E-state index in [-0.39, 0.29) is 17.2 Å². The Morgan fingerprint density at radius 2 is 1.86 bits per heavy atom. The smallest absolute Gasteiger partial charge is 0.341 e. The molecule has 9 heteroatoms. The minimum atomic E-state index is -1.44. The van der Waals surface area contributed by atoms with Gasteiger partial charge < -0.3 is 25.2 Å². The zero-order chi connectivity index (χ0) is 20.2. The number of anilines is 2. The molecule has 0 unspecified atom stereocenters. The van der Waals surface area contributed by atoms with E-state index in [9.17, 15) is 14.7 Å². The van der Waals surface area contributed by atoms with Crippen LogP contribution in [0.4, 0.5) is 20.2 Å². The summed E-state index contributed by atoms with van der Waals surface area (Å²) in [6.45, 7) is 5.10. The van der Waals surface area contributed by atoms with Crippen LogP contribution in [0.15, 0.2) is 11.0 Å². The second-order valence-corrected chi connectivity index (χ2v) is 7.35. The minimum absolute atomic E-state index is 0.107. The Morgan fingerprint density at radius 1 is 1.21 bits per heavy atom. The molecule has 1 aliphatic heterocycles. The van der Waals surface area contributed by atoms with Gasteiger partial charge in [0.25, 0.3) is 0 Å². The largest absolute Gasteiger partial charge is 0.477 e. The van der Waals surface area contributed by atoms with Crippen molar-refractivity contribution in [3.05, 3.63) is 33.6 Å². The van der Waals surface area contributed by atoms with E-state index in [0.717, 1.165) is 25.6 Å². The molecule has 7 nitrogen and oxygen atoms in total. The van der Waals surface area contributed by atoms with Gasteiger partial charge in [0.2, 0.25) is 5.43 Å². The molecule has 0 bridgehead atoms. The van der Waals surface area contributed by atoms with Crippen LogP contribution in [0.1, 0.15) is 36.2 Å². The number of aromatic carboxylic acids is 1. The fraction of sp³-hybridized carbons (Fsp3) is 0.474. The molecule has 150 valence electrons. The number of piperazine rings is 1. The van der Waals surface area contributed by atoms with E-state index >= 15 is 8.78 Å². The number of likely N-dealkylation sites (N-methyl/N-ethyl adjacent to an activating group) is 1. The lowest BCUT2D eigenvalue weighted by atomic mass is 10.1. The summed E-state index contributed by atoms with van der Waals surface area (Å²) in [5.41, 5.74) is 3.59. The van der Waals surface area contributed by atoms with E-state index in [0.29, 0.717) is 26.2 Å². The van der Waals surface area contributed by atoms with Crippen LogP contribution in [0.3, 0.4) is 0 Å². The van der Waals surface area contributed by atoms with Gasteiger partial charge in [0.15, 0.2) is 11.6 Å². The van der Waals surface area contributed by atoms with Crippen molar-refractivity contribution in [1.29, 1.82) is 0 Å².